The number of carbonyl (C=O) groups is 1. The molecule has 0 unspecified atom stereocenters. The van der Waals surface area contributed by atoms with Crippen molar-refractivity contribution >= 4 is 21.8 Å². The van der Waals surface area contributed by atoms with Crippen LogP contribution in [0.2, 0.25) is 0 Å². The van der Waals surface area contributed by atoms with Gasteiger partial charge in [0.2, 0.25) is 5.91 Å². The third-order valence-electron chi connectivity index (χ3n) is 4.49. The molecule has 5 nitrogen and oxygen atoms in total. The number of carbonyl (C=O) groups excluding carboxylic acids is 1. The van der Waals surface area contributed by atoms with E-state index in [1.807, 2.05) is 30.3 Å². The smallest absolute Gasteiger partial charge is 0.244 e. The van der Waals surface area contributed by atoms with E-state index in [0.717, 1.165) is 31.5 Å². The lowest BCUT2D eigenvalue weighted by atomic mass is 10.1. The molecule has 2 aliphatic heterocycles. The minimum atomic E-state index is -3.08. The van der Waals surface area contributed by atoms with E-state index in [0.29, 0.717) is 0 Å². The molecule has 2 heterocycles. The first-order valence-corrected chi connectivity index (χ1v) is 9.84. The maximum atomic E-state index is 12.1. The predicted molar refractivity (Wildman–Crippen MR) is 90.7 cm³/mol. The Hall–Kier alpha value is -1.66. The number of nitrogens with zero attached hydrogens (tertiary/aromatic N) is 1. The minimum absolute atomic E-state index is 0.0408. The summed E-state index contributed by atoms with van der Waals surface area (Å²) in [6.07, 6.45) is 5.42. The number of rotatable bonds is 4. The van der Waals surface area contributed by atoms with Gasteiger partial charge < -0.3 is 5.32 Å². The molecule has 1 aromatic rings. The fourth-order valence-electron chi connectivity index (χ4n) is 3.37. The van der Waals surface area contributed by atoms with Gasteiger partial charge in [-0.1, -0.05) is 30.3 Å². The number of hydrogen-bond acceptors (Lipinski definition) is 4. The molecule has 1 amide bonds. The van der Waals surface area contributed by atoms with Crippen molar-refractivity contribution in [3.05, 3.63) is 42.0 Å². The van der Waals surface area contributed by atoms with Gasteiger partial charge in [-0.25, -0.2) is 8.42 Å². The van der Waals surface area contributed by atoms with Crippen LogP contribution in [0, 0.1) is 0 Å². The fourth-order valence-corrected chi connectivity index (χ4v) is 5.32. The lowest BCUT2D eigenvalue weighted by Crippen LogP contribution is -2.49. The molecule has 0 aliphatic carbocycles. The monoisotopic (exact) mass is 334 g/mol. The Morgan fingerprint density at radius 2 is 1.83 bits per heavy atom. The first-order chi connectivity index (χ1) is 11.0. The number of hydrogen-bond donors (Lipinski definition) is 1. The van der Waals surface area contributed by atoms with Crippen molar-refractivity contribution in [3.63, 3.8) is 0 Å². The molecular formula is C17H22N2O3S. The molecule has 2 atom stereocenters. The van der Waals surface area contributed by atoms with Crippen LogP contribution in [0.3, 0.4) is 0 Å². The maximum Gasteiger partial charge on any atom is 0.244 e. The Balaban J connectivity index is 1.65. The topological polar surface area (TPSA) is 66.5 Å². The summed E-state index contributed by atoms with van der Waals surface area (Å²) in [6.45, 7) is 1.85. The van der Waals surface area contributed by atoms with Gasteiger partial charge in [0.1, 0.15) is 0 Å². The van der Waals surface area contributed by atoms with E-state index in [9.17, 15) is 13.2 Å². The molecule has 23 heavy (non-hydrogen) atoms. The van der Waals surface area contributed by atoms with Gasteiger partial charge in [-0.2, -0.15) is 0 Å². The van der Waals surface area contributed by atoms with E-state index >= 15 is 0 Å². The second kappa shape index (κ2) is 6.84. The average molecular weight is 334 g/mol. The van der Waals surface area contributed by atoms with E-state index in [2.05, 4.69) is 10.2 Å². The largest absolute Gasteiger partial charge is 0.347 e. The van der Waals surface area contributed by atoms with E-state index in [1.165, 1.54) is 6.08 Å². The Morgan fingerprint density at radius 1 is 1.13 bits per heavy atom. The lowest BCUT2D eigenvalue weighted by molar-refractivity contribution is -0.117. The van der Waals surface area contributed by atoms with Gasteiger partial charge >= 0.3 is 0 Å². The van der Waals surface area contributed by atoms with Crippen LogP contribution in [-0.2, 0) is 14.6 Å². The van der Waals surface area contributed by atoms with Gasteiger partial charge in [0.05, 0.1) is 17.5 Å². The predicted octanol–water partition coefficient (Wildman–Crippen LogP) is 1.08. The van der Waals surface area contributed by atoms with Gasteiger partial charge in [-0.3, -0.25) is 9.69 Å². The normalized spacial score (nSPS) is 27.5. The number of amides is 1. The molecule has 2 aliphatic rings. The van der Waals surface area contributed by atoms with Crippen LogP contribution in [0.25, 0.3) is 6.08 Å². The summed E-state index contributed by atoms with van der Waals surface area (Å²) in [5.74, 6) is -0.0421. The average Bonchev–Trinajstić information content (AvgIpc) is 3.14. The summed E-state index contributed by atoms with van der Waals surface area (Å²) < 4.78 is 23.9. The van der Waals surface area contributed by atoms with Gasteiger partial charge in [0.15, 0.2) is 9.84 Å². The van der Waals surface area contributed by atoms with Crippen molar-refractivity contribution in [2.24, 2.45) is 0 Å². The Kier molecular flexibility index (Phi) is 4.82. The highest BCUT2D eigenvalue weighted by atomic mass is 32.2. The zero-order chi connectivity index (χ0) is 16.3. The molecule has 0 radical (unpaired) electrons. The number of sulfone groups is 1. The Bertz CT molecular complexity index is 679. The van der Waals surface area contributed by atoms with Crippen molar-refractivity contribution in [1.29, 1.82) is 0 Å². The molecule has 0 aromatic heterocycles. The summed E-state index contributed by atoms with van der Waals surface area (Å²) in [4.78, 5) is 14.3. The molecule has 0 spiro atoms. The van der Waals surface area contributed by atoms with Crippen LogP contribution >= 0.6 is 0 Å². The number of nitrogens with one attached hydrogen (secondary N) is 1. The summed E-state index contributed by atoms with van der Waals surface area (Å²) in [5, 5.41) is 2.89. The van der Waals surface area contributed by atoms with Crippen LogP contribution in [0.5, 0.6) is 0 Å². The van der Waals surface area contributed by atoms with Crippen molar-refractivity contribution in [1.82, 2.24) is 10.2 Å². The first-order valence-electron chi connectivity index (χ1n) is 8.02. The molecular weight excluding hydrogens is 312 g/mol. The highest BCUT2D eigenvalue weighted by Crippen LogP contribution is 2.22. The van der Waals surface area contributed by atoms with Crippen LogP contribution in [0.4, 0.5) is 0 Å². The Morgan fingerprint density at radius 3 is 2.52 bits per heavy atom. The first kappa shape index (κ1) is 16.2. The highest BCUT2D eigenvalue weighted by Gasteiger charge is 2.42. The highest BCUT2D eigenvalue weighted by molar-refractivity contribution is 7.91. The zero-order valence-corrected chi connectivity index (χ0v) is 13.8. The van der Waals surface area contributed by atoms with E-state index in [4.69, 9.17) is 0 Å². The van der Waals surface area contributed by atoms with Crippen molar-refractivity contribution < 1.29 is 13.2 Å². The van der Waals surface area contributed by atoms with E-state index < -0.39 is 9.84 Å². The fraction of sp³-hybridized carbons (Fsp3) is 0.471. The quantitative estimate of drug-likeness (QED) is 0.837. The van der Waals surface area contributed by atoms with Crippen LogP contribution in [0.1, 0.15) is 18.4 Å². The van der Waals surface area contributed by atoms with Gasteiger partial charge in [-0.05, 0) is 37.6 Å². The molecule has 1 aromatic carbocycles. The van der Waals surface area contributed by atoms with E-state index in [-0.39, 0.29) is 29.5 Å². The molecule has 0 bridgehead atoms. The molecule has 2 saturated heterocycles. The van der Waals surface area contributed by atoms with Crippen molar-refractivity contribution in [2.45, 2.75) is 24.9 Å². The summed E-state index contributed by atoms with van der Waals surface area (Å²) in [7, 11) is -3.08. The lowest BCUT2D eigenvalue weighted by Gasteiger charge is -2.28. The third-order valence-corrected chi connectivity index (χ3v) is 6.20. The third kappa shape index (κ3) is 4.20. The van der Waals surface area contributed by atoms with Gasteiger partial charge in [0.25, 0.3) is 0 Å². The Labute approximate surface area is 137 Å². The molecule has 2 fully saturated rings. The zero-order valence-electron chi connectivity index (χ0n) is 13.0. The minimum Gasteiger partial charge on any atom is -0.347 e. The molecule has 0 saturated carbocycles. The van der Waals surface area contributed by atoms with Crippen molar-refractivity contribution in [2.75, 3.05) is 24.6 Å². The summed E-state index contributed by atoms with van der Waals surface area (Å²) in [5.41, 5.74) is 0.942. The van der Waals surface area contributed by atoms with Crippen molar-refractivity contribution in [3.8, 4) is 0 Å². The number of benzene rings is 1. The van der Waals surface area contributed by atoms with Gasteiger partial charge in [0, 0.05) is 12.1 Å². The molecule has 1 N–H and O–H groups in total. The van der Waals surface area contributed by atoms with Crippen LogP contribution in [-0.4, -0.2) is 55.9 Å². The molecule has 3 rings (SSSR count). The van der Waals surface area contributed by atoms with E-state index in [1.54, 1.807) is 6.08 Å². The maximum absolute atomic E-state index is 12.1. The second-order valence-electron chi connectivity index (χ2n) is 6.25. The standard InChI is InChI=1S/C17H22N2O3S/c20-17(9-8-14-6-2-1-3-7-14)18-15-12-23(21,22)13-16(15)19-10-4-5-11-19/h1-3,6-9,15-16H,4-5,10-13H2,(H,18,20)/b9-8-/t15-,16+/m1/s1. The number of likely N-dealkylation sites (tertiary alicyclic amines) is 1. The van der Waals surface area contributed by atoms with Crippen LogP contribution in [0.15, 0.2) is 36.4 Å². The SMILES string of the molecule is O=C(/C=C\c1ccccc1)N[C@@H]1CS(=O)(=O)C[C@@H]1N1CCCC1. The second-order valence-corrected chi connectivity index (χ2v) is 8.40. The summed E-state index contributed by atoms with van der Waals surface area (Å²) >= 11 is 0. The van der Waals surface area contributed by atoms with Crippen LogP contribution < -0.4 is 5.32 Å². The summed E-state index contributed by atoms with van der Waals surface area (Å²) in [6, 6.07) is 9.16. The molecule has 124 valence electrons. The molecule has 6 heteroatoms. The van der Waals surface area contributed by atoms with Gasteiger partial charge in [-0.15, -0.1) is 0 Å².